The minimum Gasteiger partial charge on any atom is -0.459 e. The van der Waals surface area contributed by atoms with Gasteiger partial charge in [-0.15, -0.1) is 0 Å². The maximum Gasteiger partial charge on any atom is 0.314 e. The molecule has 5 rings (SSSR count). The number of urea groups is 1. The van der Waals surface area contributed by atoms with Crippen LogP contribution in [0.25, 0.3) is 22.2 Å². The molecular formula is C27H28F3N3O3. The third-order valence-corrected chi connectivity index (χ3v) is 7.15. The summed E-state index contributed by atoms with van der Waals surface area (Å²) in [5.41, 5.74) is 1.85. The Morgan fingerprint density at radius 2 is 1.75 bits per heavy atom. The topological polar surface area (TPSA) is 83.2 Å². The first-order chi connectivity index (χ1) is 17.1. The molecule has 1 aliphatic heterocycles. The number of nitrogens with one attached hydrogen (secondary N) is 3. The molecule has 6 nitrogen and oxygen atoms in total. The average molecular weight is 500 g/mol. The van der Waals surface area contributed by atoms with E-state index in [1.54, 1.807) is 12.1 Å². The highest BCUT2D eigenvalue weighted by Gasteiger charge is 2.40. The van der Waals surface area contributed by atoms with Crippen molar-refractivity contribution in [1.82, 2.24) is 15.6 Å². The maximum absolute atomic E-state index is 14.5. The number of fused-ring (bicyclic) bond motifs is 1. The third kappa shape index (κ3) is 4.79. The molecule has 0 bridgehead atoms. The molecule has 2 heterocycles. The van der Waals surface area contributed by atoms with Crippen molar-refractivity contribution in [3.8, 4) is 11.3 Å². The van der Waals surface area contributed by atoms with E-state index in [9.17, 15) is 22.8 Å². The van der Waals surface area contributed by atoms with Gasteiger partial charge < -0.3 is 20.4 Å². The van der Waals surface area contributed by atoms with E-state index >= 15 is 0 Å². The summed E-state index contributed by atoms with van der Waals surface area (Å²) in [7, 11) is 0. The van der Waals surface area contributed by atoms with Crippen molar-refractivity contribution >= 4 is 22.9 Å². The van der Waals surface area contributed by atoms with Crippen molar-refractivity contribution in [3.63, 3.8) is 0 Å². The van der Waals surface area contributed by atoms with Crippen molar-refractivity contribution in [2.75, 3.05) is 13.1 Å². The number of aromatic amines is 1. The minimum atomic E-state index is -0.677. The lowest BCUT2D eigenvalue weighted by atomic mass is 9.70. The second-order valence-corrected chi connectivity index (χ2v) is 10.4. The average Bonchev–Trinajstić information content (AvgIpc) is 3.27. The lowest BCUT2D eigenvalue weighted by Crippen LogP contribution is -2.43. The van der Waals surface area contributed by atoms with Gasteiger partial charge in [-0.2, -0.15) is 0 Å². The summed E-state index contributed by atoms with van der Waals surface area (Å²) in [4.78, 5) is 27.2. The molecule has 1 saturated heterocycles. The number of halogens is 3. The molecule has 0 spiro atoms. The van der Waals surface area contributed by atoms with Gasteiger partial charge in [-0.1, -0.05) is 0 Å². The molecule has 1 saturated carbocycles. The van der Waals surface area contributed by atoms with E-state index in [0.29, 0.717) is 29.6 Å². The Hall–Kier alpha value is -3.49. The van der Waals surface area contributed by atoms with Crippen LogP contribution in [0.15, 0.2) is 36.4 Å². The molecule has 2 aromatic carbocycles. The van der Waals surface area contributed by atoms with Crippen LogP contribution in [-0.4, -0.2) is 35.7 Å². The predicted molar refractivity (Wildman–Crippen MR) is 129 cm³/mol. The first-order valence-corrected chi connectivity index (χ1v) is 12.1. The number of carbonyl (C=O) groups excluding carboxylic acids is 2. The van der Waals surface area contributed by atoms with Gasteiger partial charge in [0.2, 0.25) is 0 Å². The monoisotopic (exact) mass is 499 g/mol. The van der Waals surface area contributed by atoms with E-state index in [-0.39, 0.29) is 47.6 Å². The molecule has 2 fully saturated rings. The Morgan fingerprint density at radius 3 is 2.42 bits per heavy atom. The molecule has 190 valence electrons. The fraction of sp³-hybridized carbons (Fsp3) is 0.407. The zero-order valence-electron chi connectivity index (χ0n) is 20.1. The molecule has 3 aromatic rings. The van der Waals surface area contributed by atoms with Crippen molar-refractivity contribution in [3.05, 3.63) is 59.4 Å². The van der Waals surface area contributed by atoms with Crippen LogP contribution in [0.1, 0.15) is 44.6 Å². The number of cyclic esters (lactones) is 1. The van der Waals surface area contributed by atoms with Gasteiger partial charge in [0.25, 0.3) is 0 Å². The molecule has 1 aromatic heterocycles. The van der Waals surface area contributed by atoms with Crippen LogP contribution >= 0.6 is 0 Å². The number of benzene rings is 2. The highest BCUT2D eigenvalue weighted by molar-refractivity contribution is 5.92. The quantitative estimate of drug-likeness (QED) is 0.398. The number of H-pyrrole nitrogens is 1. The molecule has 2 aliphatic rings. The Labute approximate surface area is 206 Å². The van der Waals surface area contributed by atoms with Gasteiger partial charge in [0.15, 0.2) is 0 Å². The van der Waals surface area contributed by atoms with Crippen LogP contribution < -0.4 is 10.6 Å². The van der Waals surface area contributed by atoms with E-state index in [1.807, 2.05) is 13.8 Å². The Balaban J connectivity index is 1.23. The number of hydrogen-bond acceptors (Lipinski definition) is 3. The molecule has 2 amide bonds. The fourth-order valence-corrected chi connectivity index (χ4v) is 5.39. The number of carbonyl (C=O) groups is 2. The second-order valence-electron chi connectivity index (χ2n) is 10.4. The summed E-state index contributed by atoms with van der Waals surface area (Å²) >= 11 is 0. The summed E-state index contributed by atoms with van der Waals surface area (Å²) in [5.74, 6) is -2.14. The van der Waals surface area contributed by atoms with Crippen LogP contribution in [0.4, 0.5) is 18.0 Å². The molecule has 3 N–H and O–H groups in total. The van der Waals surface area contributed by atoms with Crippen LogP contribution in [0.2, 0.25) is 0 Å². The third-order valence-electron chi connectivity index (χ3n) is 7.15. The second kappa shape index (κ2) is 9.19. The van der Waals surface area contributed by atoms with Crippen molar-refractivity contribution in [1.29, 1.82) is 0 Å². The Kier molecular flexibility index (Phi) is 6.18. The number of hydrogen-bond donors (Lipinski definition) is 3. The van der Waals surface area contributed by atoms with Crippen molar-refractivity contribution in [2.24, 2.45) is 11.8 Å². The van der Waals surface area contributed by atoms with E-state index < -0.39 is 17.2 Å². The summed E-state index contributed by atoms with van der Waals surface area (Å²) in [5, 5.41) is 6.06. The summed E-state index contributed by atoms with van der Waals surface area (Å²) in [6.45, 7) is 4.35. The lowest BCUT2D eigenvalue weighted by molar-refractivity contribution is -0.148. The zero-order chi connectivity index (χ0) is 25.6. The largest absolute Gasteiger partial charge is 0.459 e. The first-order valence-electron chi connectivity index (χ1n) is 12.1. The predicted octanol–water partition coefficient (Wildman–Crippen LogP) is 5.39. The van der Waals surface area contributed by atoms with E-state index in [1.165, 1.54) is 18.2 Å². The van der Waals surface area contributed by atoms with Crippen molar-refractivity contribution in [2.45, 2.75) is 44.6 Å². The molecule has 0 radical (unpaired) electrons. The van der Waals surface area contributed by atoms with Crippen LogP contribution in [0.5, 0.6) is 0 Å². The van der Waals surface area contributed by atoms with Crippen LogP contribution in [0.3, 0.4) is 0 Å². The van der Waals surface area contributed by atoms with Gasteiger partial charge in [-0.3, -0.25) is 4.79 Å². The number of esters is 1. The van der Waals surface area contributed by atoms with Gasteiger partial charge in [0, 0.05) is 31.0 Å². The van der Waals surface area contributed by atoms with Gasteiger partial charge >= 0.3 is 12.0 Å². The highest BCUT2D eigenvalue weighted by Crippen LogP contribution is 2.48. The fourth-order valence-electron chi connectivity index (χ4n) is 5.39. The smallest absolute Gasteiger partial charge is 0.314 e. The number of amides is 2. The Bertz CT molecular complexity index is 1310. The Morgan fingerprint density at radius 1 is 1.06 bits per heavy atom. The summed E-state index contributed by atoms with van der Waals surface area (Å²) in [6, 6.07) is 7.71. The summed E-state index contributed by atoms with van der Waals surface area (Å²) in [6.07, 6.45) is 2.00. The number of ether oxygens (including phenoxy) is 1. The van der Waals surface area contributed by atoms with Gasteiger partial charge in [0.05, 0.1) is 17.1 Å². The van der Waals surface area contributed by atoms with Gasteiger partial charge in [-0.05, 0) is 80.0 Å². The molecular weight excluding hydrogens is 471 g/mol. The number of rotatable bonds is 6. The van der Waals surface area contributed by atoms with Crippen LogP contribution in [0, 0.1) is 29.3 Å². The van der Waals surface area contributed by atoms with Gasteiger partial charge in [-0.25, -0.2) is 18.0 Å². The molecule has 1 unspecified atom stereocenters. The normalized spacial score (nSPS) is 22.8. The minimum absolute atomic E-state index is 0.0327. The lowest BCUT2D eigenvalue weighted by Gasteiger charge is -2.36. The SMILES string of the molecule is CC1(C)CC(CNC(=O)NCC2CC(c3c(-c4ccc(F)cc4)[nH]c4c(F)cc(F)cc34)C2)C(=O)O1. The maximum atomic E-state index is 14.5. The highest BCUT2D eigenvalue weighted by atomic mass is 19.1. The van der Waals surface area contributed by atoms with E-state index in [4.69, 9.17) is 4.74 Å². The number of aromatic nitrogens is 1. The molecule has 36 heavy (non-hydrogen) atoms. The first kappa shape index (κ1) is 24.2. The molecule has 9 heteroatoms. The van der Waals surface area contributed by atoms with Crippen molar-refractivity contribution < 1.29 is 27.5 Å². The van der Waals surface area contributed by atoms with Crippen LogP contribution in [-0.2, 0) is 9.53 Å². The zero-order valence-corrected chi connectivity index (χ0v) is 20.1. The van der Waals surface area contributed by atoms with Gasteiger partial charge in [0.1, 0.15) is 23.1 Å². The van der Waals surface area contributed by atoms with E-state index in [2.05, 4.69) is 15.6 Å². The molecule has 1 atom stereocenters. The summed E-state index contributed by atoms with van der Waals surface area (Å²) < 4.78 is 47.4. The molecule has 1 aliphatic carbocycles. The van der Waals surface area contributed by atoms with E-state index in [0.717, 1.165) is 24.5 Å². The standard InChI is InChI=1S/C27H28F3N3O3/c1-27(2)11-17(25(34)36-27)13-32-26(35)31-12-14-7-16(8-14)22-20-9-19(29)10-21(30)24(20)33-23(22)15-3-5-18(28)6-4-15/h3-6,9-10,14,16-17,33H,7-8,11-13H2,1-2H3,(H2,31,32,35).